The molecule has 3 rings (SSSR count). The molecule has 3 aromatic carbocycles. The van der Waals surface area contributed by atoms with Crippen molar-refractivity contribution in [3.8, 4) is 0 Å². The van der Waals surface area contributed by atoms with Gasteiger partial charge < -0.3 is 0 Å². The number of nitrogens with two attached hydrogens (primary N) is 1. The normalized spacial score (nSPS) is 12.4. The maximum absolute atomic E-state index is 13.4. The highest BCUT2D eigenvalue weighted by atomic mass is 32.2. The van der Waals surface area contributed by atoms with Gasteiger partial charge in [0.2, 0.25) is 20.0 Å². The van der Waals surface area contributed by atoms with Gasteiger partial charge in [-0.2, -0.15) is 4.31 Å². The molecule has 0 bridgehead atoms. The summed E-state index contributed by atoms with van der Waals surface area (Å²) in [6.07, 6.45) is 0.555. The van der Waals surface area contributed by atoms with Crippen LogP contribution in [0.2, 0.25) is 0 Å². The van der Waals surface area contributed by atoms with Gasteiger partial charge in [-0.1, -0.05) is 68.4 Å². The topological polar surface area (TPSA) is 97.5 Å². The van der Waals surface area contributed by atoms with Crippen LogP contribution in [0.5, 0.6) is 0 Å². The second kappa shape index (κ2) is 9.95. The van der Waals surface area contributed by atoms with Crippen molar-refractivity contribution in [2.45, 2.75) is 42.5 Å². The maximum Gasteiger partial charge on any atom is 0.243 e. The number of rotatable bonds is 9. The first kappa shape index (κ1) is 24.1. The van der Waals surface area contributed by atoms with Gasteiger partial charge in [0.1, 0.15) is 0 Å². The van der Waals surface area contributed by atoms with Gasteiger partial charge in [0.15, 0.2) is 0 Å². The number of benzene rings is 3. The van der Waals surface area contributed by atoms with Crippen LogP contribution in [-0.2, 0) is 33.0 Å². The lowest BCUT2D eigenvalue weighted by atomic mass is 10.0. The van der Waals surface area contributed by atoms with E-state index in [9.17, 15) is 16.8 Å². The lowest BCUT2D eigenvalue weighted by Crippen LogP contribution is -2.32. The molecule has 0 heterocycles. The fourth-order valence-electron chi connectivity index (χ4n) is 3.34. The van der Waals surface area contributed by atoms with Crippen molar-refractivity contribution in [1.29, 1.82) is 0 Å². The smallest absolute Gasteiger partial charge is 0.225 e. The van der Waals surface area contributed by atoms with Gasteiger partial charge in [0.25, 0.3) is 0 Å². The molecule has 3 aromatic rings. The Hall–Kier alpha value is -2.52. The lowest BCUT2D eigenvalue weighted by molar-refractivity contribution is 0.409. The van der Waals surface area contributed by atoms with E-state index in [1.165, 1.54) is 34.1 Å². The molecule has 170 valence electrons. The maximum atomic E-state index is 13.4. The summed E-state index contributed by atoms with van der Waals surface area (Å²) in [4.78, 5) is -0.103. The zero-order valence-corrected chi connectivity index (χ0v) is 19.8. The average molecular weight is 473 g/mol. The summed E-state index contributed by atoms with van der Waals surface area (Å²) in [6, 6.07) is 22.6. The third-order valence-corrected chi connectivity index (χ3v) is 8.08. The zero-order valence-electron chi connectivity index (χ0n) is 18.2. The van der Waals surface area contributed by atoms with E-state index in [1.54, 1.807) is 0 Å². The molecule has 0 saturated heterocycles. The summed E-state index contributed by atoms with van der Waals surface area (Å²) >= 11 is 0. The molecule has 0 aliphatic carbocycles. The van der Waals surface area contributed by atoms with Crippen LogP contribution in [0, 0.1) is 0 Å². The summed E-state index contributed by atoms with van der Waals surface area (Å²) in [5.41, 5.74) is 3.10. The molecule has 0 aliphatic heterocycles. The first-order chi connectivity index (χ1) is 15.1. The predicted octanol–water partition coefficient (Wildman–Crippen LogP) is 3.89. The van der Waals surface area contributed by atoms with Crippen molar-refractivity contribution in [3.05, 3.63) is 95.6 Å². The zero-order chi connectivity index (χ0) is 23.4. The van der Waals surface area contributed by atoms with Gasteiger partial charge in [0.05, 0.1) is 9.79 Å². The average Bonchev–Trinajstić information content (AvgIpc) is 2.77. The van der Waals surface area contributed by atoms with Gasteiger partial charge in [-0.25, -0.2) is 22.0 Å². The SMILES string of the molecule is CC(C)c1ccc(CN(CCc2ccccc2)S(=O)(=O)c2ccc(S(N)(=O)=O)cc2)cc1. The molecular weight excluding hydrogens is 444 g/mol. The molecule has 0 aliphatic rings. The molecular formula is C24H28N2O4S2. The first-order valence-electron chi connectivity index (χ1n) is 10.3. The van der Waals surface area contributed by atoms with E-state index in [4.69, 9.17) is 5.14 Å². The fraction of sp³-hybridized carbons (Fsp3) is 0.250. The van der Waals surface area contributed by atoms with Crippen molar-refractivity contribution >= 4 is 20.0 Å². The van der Waals surface area contributed by atoms with E-state index in [2.05, 4.69) is 13.8 Å². The van der Waals surface area contributed by atoms with Crippen LogP contribution in [0.4, 0.5) is 0 Å². The quantitative estimate of drug-likeness (QED) is 0.511. The first-order valence-corrected chi connectivity index (χ1v) is 13.3. The van der Waals surface area contributed by atoms with Crippen LogP contribution >= 0.6 is 0 Å². The molecule has 0 radical (unpaired) electrons. The van der Waals surface area contributed by atoms with E-state index in [1.807, 2.05) is 54.6 Å². The predicted molar refractivity (Wildman–Crippen MR) is 126 cm³/mol. The van der Waals surface area contributed by atoms with Crippen molar-refractivity contribution in [3.63, 3.8) is 0 Å². The molecule has 0 saturated carbocycles. The van der Waals surface area contributed by atoms with Crippen LogP contribution in [-0.4, -0.2) is 27.7 Å². The molecule has 8 heteroatoms. The lowest BCUT2D eigenvalue weighted by Gasteiger charge is -2.23. The Kier molecular flexibility index (Phi) is 7.51. The molecule has 0 aromatic heterocycles. The molecule has 0 amide bonds. The minimum absolute atomic E-state index is 0.0248. The van der Waals surface area contributed by atoms with E-state index < -0.39 is 20.0 Å². The third kappa shape index (κ3) is 6.04. The van der Waals surface area contributed by atoms with Crippen molar-refractivity contribution in [2.24, 2.45) is 5.14 Å². The van der Waals surface area contributed by atoms with Crippen molar-refractivity contribution in [2.75, 3.05) is 6.54 Å². The van der Waals surface area contributed by atoms with Crippen LogP contribution in [0.1, 0.15) is 36.5 Å². The number of nitrogens with zero attached hydrogens (tertiary/aromatic N) is 1. The summed E-state index contributed by atoms with van der Waals surface area (Å²) < 4.78 is 51.3. The second-order valence-electron chi connectivity index (χ2n) is 7.99. The minimum Gasteiger partial charge on any atom is -0.225 e. The number of primary sulfonamides is 1. The molecule has 0 fully saturated rings. The Labute approximate surface area is 190 Å². The third-order valence-electron chi connectivity index (χ3n) is 5.29. The fourth-order valence-corrected chi connectivity index (χ4v) is 5.29. The van der Waals surface area contributed by atoms with Gasteiger partial charge in [-0.15, -0.1) is 0 Å². The van der Waals surface area contributed by atoms with Crippen molar-refractivity contribution in [1.82, 2.24) is 4.31 Å². The minimum atomic E-state index is -3.90. The number of hydrogen-bond acceptors (Lipinski definition) is 4. The molecule has 0 spiro atoms. The van der Waals surface area contributed by atoms with E-state index in [0.29, 0.717) is 12.3 Å². The number of sulfonamides is 2. The highest BCUT2D eigenvalue weighted by Crippen LogP contribution is 2.22. The number of hydrogen-bond donors (Lipinski definition) is 1. The second-order valence-corrected chi connectivity index (χ2v) is 11.5. The summed E-state index contributed by atoms with van der Waals surface area (Å²) in [5.74, 6) is 0.388. The molecule has 0 unspecified atom stereocenters. The van der Waals surface area contributed by atoms with Gasteiger partial charge in [-0.3, -0.25) is 0 Å². The van der Waals surface area contributed by atoms with Crippen LogP contribution in [0.25, 0.3) is 0 Å². The summed E-state index contributed by atoms with van der Waals surface area (Å²) in [5, 5.41) is 5.14. The van der Waals surface area contributed by atoms with Crippen LogP contribution in [0.15, 0.2) is 88.7 Å². The van der Waals surface area contributed by atoms with Crippen molar-refractivity contribution < 1.29 is 16.8 Å². The Morgan fingerprint density at radius 1 is 0.750 bits per heavy atom. The van der Waals surface area contributed by atoms with Gasteiger partial charge in [0, 0.05) is 13.1 Å². The highest BCUT2D eigenvalue weighted by Gasteiger charge is 2.25. The largest absolute Gasteiger partial charge is 0.243 e. The van der Waals surface area contributed by atoms with Gasteiger partial charge in [-0.05, 0) is 53.3 Å². The standard InChI is InChI=1S/C24H28N2O4S2/c1-19(2)22-10-8-21(9-11-22)18-26(17-16-20-6-4-3-5-7-20)32(29,30)24-14-12-23(13-15-24)31(25,27)28/h3-15,19H,16-18H2,1-2H3,(H2,25,27,28). The summed E-state index contributed by atoms with van der Waals surface area (Å²) in [6.45, 7) is 4.72. The van der Waals surface area contributed by atoms with Crippen LogP contribution in [0.3, 0.4) is 0 Å². The van der Waals surface area contributed by atoms with E-state index in [0.717, 1.165) is 11.1 Å². The Morgan fingerprint density at radius 2 is 1.31 bits per heavy atom. The van der Waals surface area contributed by atoms with Gasteiger partial charge >= 0.3 is 0 Å². The molecule has 32 heavy (non-hydrogen) atoms. The van der Waals surface area contributed by atoms with E-state index in [-0.39, 0.29) is 22.9 Å². The highest BCUT2D eigenvalue weighted by molar-refractivity contribution is 7.89. The Balaban J connectivity index is 1.90. The monoisotopic (exact) mass is 472 g/mol. The summed E-state index contributed by atoms with van der Waals surface area (Å²) in [7, 11) is -7.76. The Bertz CT molecular complexity index is 1240. The van der Waals surface area contributed by atoms with E-state index >= 15 is 0 Å². The molecule has 0 atom stereocenters. The molecule has 2 N–H and O–H groups in total. The Morgan fingerprint density at radius 3 is 1.84 bits per heavy atom. The molecule has 6 nitrogen and oxygen atoms in total. The van der Waals surface area contributed by atoms with Crippen LogP contribution < -0.4 is 5.14 Å².